The van der Waals surface area contributed by atoms with Gasteiger partial charge < -0.3 is 29.1 Å². The van der Waals surface area contributed by atoms with Crippen LogP contribution in [0.3, 0.4) is 0 Å². The van der Waals surface area contributed by atoms with Gasteiger partial charge in [0.1, 0.15) is 11.8 Å². The molecule has 1 N–H and O–H groups in total. The number of aliphatic hydroxyl groups excluding tert-OH is 1. The molecule has 0 heterocycles. The second kappa shape index (κ2) is 10.7. The van der Waals surface area contributed by atoms with Crippen molar-refractivity contribution in [3.05, 3.63) is 0 Å². The van der Waals surface area contributed by atoms with E-state index in [-0.39, 0.29) is 6.61 Å². The van der Waals surface area contributed by atoms with Crippen molar-refractivity contribution < 1.29 is 33.9 Å². The van der Waals surface area contributed by atoms with Gasteiger partial charge in [0.2, 0.25) is 0 Å². The minimum absolute atomic E-state index is 0.144. The summed E-state index contributed by atoms with van der Waals surface area (Å²) < 4.78 is 5.60. The highest BCUT2D eigenvalue weighted by molar-refractivity contribution is 7.51. The highest BCUT2D eigenvalue weighted by Crippen LogP contribution is 2.19. The highest BCUT2D eigenvalue weighted by Gasteiger charge is 2.20. The van der Waals surface area contributed by atoms with Crippen LogP contribution in [0.2, 0.25) is 0 Å². The molecule has 8 heteroatoms. The second-order valence-corrected chi connectivity index (χ2v) is 8.32. The van der Waals surface area contributed by atoms with Crippen LogP contribution >= 0.6 is 7.77 Å². The number of hydrogen-bond donors (Lipinski definition) is 1. The summed E-state index contributed by atoms with van der Waals surface area (Å²) in [5.74, 6) is -2.56. The maximum absolute atomic E-state index is 12.4. The lowest BCUT2D eigenvalue weighted by Crippen LogP contribution is -2.37. The Morgan fingerprint density at radius 2 is 1.91 bits per heavy atom. The molecule has 0 saturated heterocycles. The van der Waals surface area contributed by atoms with Crippen LogP contribution in [0.4, 0.5) is 0 Å². The predicted octanol–water partition coefficient (Wildman–Crippen LogP) is -1.14. The number of aliphatic carboxylic acids is 1. The maximum Gasteiger partial charge on any atom is 0.335 e. The normalized spacial score (nSPS) is 14.2. The van der Waals surface area contributed by atoms with E-state index in [0.29, 0.717) is 22.4 Å². The number of ether oxygens (including phenoxy) is 1. The van der Waals surface area contributed by atoms with Gasteiger partial charge in [0.05, 0.1) is 28.9 Å². The first-order chi connectivity index (χ1) is 10.6. The molecule has 0 bridgehead atoms. The predicted molar refractivity (Wildman–Crippen MR) is 85.8 cm³/mol. The number of quaternary nitrogens is 1. The number of carbonyl (C=O) groups excluding carboxylic acids is 2. The fourth-order valence-electron chi connectivity index (χ4n) is 1.69. The fraction of sp³-hybridized carbons (Fsp3) is 0.800. The summed E-state index contributed by atoms with van der Waals surface area (Å²) >= 11 is 0. The molecule has 0 aromatic rings. The summed E-state index contributed by atoms with van der Waals surface area (Å²) in [5.41, 5.74) is 0. The zero-order chi connectivity index (χ0) is 18.0. The average molecular weight is 349 g/mol. The molecule has 0 aliphatic carbocycles. The molecule has 0 saturated carbocycles. The highest BCUT2D eigenvalue weighted by atomic mass is 31.1. The quantitative estimate of drug-likeness (QED) is 0.287. The summed E-state index contributed by atoms with van der Waals surface area (Å²) in [6.07, 6.45) is 0.278. The van der Waals surface area contributed by atoms with Crippen LogP contribution < -0.4 is 10.00 Å². The fourth-order valence-corrected chi connectivity index (χ4v) is 3.40. The van der Waals surface area contributed by atoms with Crippen molar-refractivity contribution in [2.75, 3.05) is 40.5 Å². The van der Waals surface area contributed by atoms with E-state index in [4.69, 9.17) is 4.74 Å². The molecular weight excluding hydrogens is 321 g/mol. The molecule has 0 aliphatic rings. The van der Waals surface area contributed by atoms with Crippen molar-refractivity contribution in [2.24, 2.45) is 0 Å². The van der Waals surface area contributed by atoms with Crippen LogP contribution in [-0.4, -0.2) is 73.4 Å². The molecule has 0 rings (SSSR count). The third-order valence-corrected chi connectivity index (χ3v) is 4.82. The van der Waals surface area contributed by atoms with E-state index in [0.717, 1.165) is 19.4 Å². The topological polar surface area (TPSA) is 110 Å². The van der Waals surface area contributed by atoms with Gasteiger partial charge in [-0.05, 0) is 6.42 Å². The van der Waals surface area contributed by atoms with E-state index in [2.05, 4.69) is 0 Å². The number of carboxylic acids is 1. The molecule has 0 amide bonds. The molecule has 2 atom stereocenters. The van der Waals surface area contributed by atoms with Crippen LogP contribution in [0.1, 0.15) is 32.6 Å². The van der Waals surface area contributed by atoms with Gasteiger partial charge >= 0.3 is 5.97 Å². The molecule has 2 unspecified atom stereocenters. The molecule has 0 aromatic carbocycles. The number of carboxylic acid groups (broad SMARTS) is 1. The zero-order valence-electron chi connectivity index (χ0n) is 14.4. The molecule has 23 heavy (non-hydrogen) atoms. The largest absolute Gasteiger partial charge is 0.630 e. The van der Waals surface area contributed by atoms with Gasteiger partial charge in [-0.3, -0.25) is 0 Å². The van der Waals surface area contributed by atoms with E-state index in [1.165, 1.54) is 0 Å². The molecule has 0 fully saturated rings. The summed E-state index contributed by atoms with van der Waals surface area (Å²) in [6, 6.07) is 0. The smallest absolute Gasteiger partial charge is 0.335 e. The number of hydrogen-bond acceptors (Lipinski definition) is 6. The minimum atomic E-state index is -1.75. The minimum Gasteiger partial charge on any atom is -0.630 e. The number of esters is 1. The summed E-state index contributed by atoms with van der Waals surface area (Å²) in [6.45, 7) is 2.59. The van der Waals surface area contributed by atoms with Gasteiger partial charge in [-0.15, -0.1) is 0 Å². The van der Waals surface area contributed by atoms with Gasteiger partial charge in [0, 0.05) is 18.8 Å². The van der Waals surface area contributed by atoms with Gasteiger partial charge in [0.25, 0.3) is 0 Å². The SMILES string of the molecule is CCCCC(COC(=O)C(O)CC(=O)[O-])=[P+]([O-])CC[N+](C)(C)C. The van der Waals surface area contributed by atoms with Crippen molar-refractivity contribution in [3.8, 4) is 0 Å². The van der Waals surface area contributed by atoms with E-state index in [1.54, 1.807) is 0 Å². The standard InChI is InChI=1S/C15H28NO6P/c1-5-6-7-12(23(21)9-8-16(2,3)4)11-22-15(20)13(17)10-14(18)19/h13,17H,5-11H2,1-4H3. The maximum atomic E-state index is 12.4. The first-order valence-electron chi connectivity index (χ1n) is 7.71. The molecule has 134 valence electrons. The lowest BCUT2D eigenvalue weighted by Gasteiger charge is -2.22. The summed E-state index contributed by atoms with van der Waals surface area (Å²) in [5, 5.41) is 20.3. The van der Waals surface area contributed by atoms with E-state index >= 15 is 0 Å². The number of nitrogens with zero attached hydrogens (tertiary/aromatic N) is 1. The van der Waals surface area contributed by atoms with Crippen molar-refractivity contribution in [3.63, 3.8) is 0 Å². The van der Waals surface area contributed by atoms with Crippen molar-refractivity contribution >= 4 is 25.0 Å². The van der Waals surface area contributed by atoms with E-state index < -0.39 is 32.2 Å². The van der Waals surface area contributed by atoms with E-state index in [9.17, 15) is 24.7 Å². The van der Waals surface area contributed by atoms with Crippen LogP contribution in [0.15, 0.2) is 0 Å². The van der Waals surface area contributed by atoms with Gasteiger partial charge in [-0.25, -0.2) is 4.79 Å². The van der Waals surface area contributed by atoms with Gasteiger partial charge in [0.15, 0.2) is 18.9 Å². The number of aliphatic hydroxyl groups is 1. The second-order valence-electron chi connectivity index (χ2n) is 6.49. The Bertz CT molecular complexity index is 430. The first-order valence-corrected chi connectivity index (χ1v) is 9.15. The van der Waals surface area contributed by atoms with Gasteiger partial charge in [-0.2, -0.15) is 0 Å². The Hall–Kier alpha value is -1.01. The third kappa shape index (κ3) is 11.2. The molecule has 0 aromatic heterocycles. The van der Waals surface area contributed by atoms with E-state index in [1.807, 2.05) is 28.1 Å². The monoisotopic (exact) mass is 349 g/mol. The summed E-state index contributed by atoms with van der Waals surface area (Å²) in [4.78, 5) is 34.3. The third-order valence-electron chi connectivity index (χ3n) is 3.16. The Morgan fingerprint density at radius 3 is 2.39 bits per heavy atom. The number of unbranched alkanes of at least 4 members (excludes halogenated alkanes) is 1. The Morgan fingerprint density at radius 1 is 1.30 bits per heavy atom. The summed E-state index contributed by atoms with van der Waals surface area (Å²) in [7, 11) is 4.39. The zero-order valence-corrected chi connectivity index (χ0v) is 15.3. The van der Waals surface area contributed by atoms with Crippen LogP contribution in [0, 0.1) is 0 Å². The molecule has 0 radical (unpaired) electrons. The number of carbonyl (C=O) groups is 2. The van der Waals surface area contributed by atoms with Crippen LogP contribution in [0.25, 0.3) is 0 Å². The van der Waals surface area contributed by atoms with Crippen LogP contribution in [-0.2, 0) is 14.3 Å². The van der Waals surface area contributed by atoms with Crippen molar-refractivity contribution in [1.29, 1.82) is 0 Å². The lowest BCUT2D eigenvalue weighted by atomic mass is 10.2. The molecule has 0 aliphatic heterocycles. The average Bonchev–Trinajstić information content (AvgIpc) is 2.43. The number of rotatable bonds is 11. The van der Waals surface area contributed by atoms with Gasteiger partial charge in [-0.1, -0.05) is 13.3 Å². The van der Waals surface area contributed by atoms with Crippen molar-refractivity contribution in [2.45, 2.75) is 38.7 Å². The molecule has 0 spiro atoms. The Labute approximate surface area is 138 Å². The Kier molecular flexibility index (Phi) is 10.2. The van der Waals surface area contributed by atoms with Crippen LogP contribution in [0.5, 0.6) is 0 Å². The van der Waals surface area contributed by atoms with Crippen molar-refractivity contribution in [1.82, 2.24) is 0 Å². The molecule has 7 nitrogen and oxygen atoms in total. The lowest BCUT2D eigenvalue weighted by molar-refractivity contribution is -0.867. The first kappa shape index (κ1) is 22.0. The Balaban J connectivity index is 4.71. The molecular formula is C15H28NO6P.